The summed E-state index contributed by atoms with van der Waals surface area (Å²) in [6.45, 7) is 0. The third kappa shape index (κ3) is 2.95. The summed E-state index contributed by atoms with van der Waals surface area (Å²) in [6, 6.07) is 19.5. The first-order valence-corrected chi connectivity index (χ1v) is 11.2. The number of Topliss-reactive ketones (excluding diaryl/α,β-unsaturated/α-hetero) is 2. The zero-order valence-electron chi connectivity index (χ0n) is 15.9. The van der Waals surface area contributed by atoms with Crippen molar-refractivity contribution < 1.29 is 14.0 Å². The number of benzene rings is 3. The van der Waals surface area contributed by atoms with Crippen molar-refractivity contribution in [1.29, 1.82) is 0 Å². The van der Waals surface area contributed by atoms with Gasteiger partial charge in [-0.25, -0.2) is 9.37 Å². The van der Waals surface area contributed by atoms with E-state index in [9.17, 15) is 14.0 Å². The van der Waals surface area contributed by atoms with Crippen molar-refractivity contribution in [3.8, 4) is 10.6 Å². The van der Waals surface area contributed by atoms with Crippen molar-refractivity contribution in [1.82, 2.24) is 4.98 Å². The highest BCUT2D eigenvalue weighted by atomic mass is 32.1. The predicted octanol–water partition coefficient (Wildman–Crippen LogP) is 6.78. The lowest BCUT2D eigenvalue weighted by Crippen LogP contribution is -1.99. The predicted molar refractivity (Wildman–Crippen MR) is 123 cm³/mol. The molecule has 1 aliphatic rings. The standard InChI is InChI=1S/C25H12FNO2S2/c26-16-7-5-13(6-8-16)24-27-25-21(31-24)12-17(30-25)11-20-22(28)18-9-14-3-1-2-4-15(14)10-19(18)23(20)29/h1-12H. The number of thiazole rings is 1. The van der Waals surface area contributed by atoms with E-state index in [0.29, 0.717) is 11.1 Å². The number of rotatable bonds is 2. The average molecular weight is 442 g/mol. The highest BCUT2D eigenvalue weighted by Crippen LogP contribution is 2.37. The molecule has 3 nitrogen and oxygen atoms in total. The molecule has 1 aliphatic carbocycles. The summed E-state index contributed by atoms with van der Waals surface area (Å²) in [5.41, 5.74) is 1.98. The molecular weight excluding hydrogens is 429 g/mol. The number of aromatic nitrogens is 1. The zero-order chi connectivity index (χ0) is 21.1. The number of allylic oxidation sites excluding steroid dienone is 1. The number of fused-ring (bicyclic) bond motifs is 3. The van der Waals surface area contributed by atoms with Gasteiger partial charge in [0.1, 0.15) is 15.7 Å². The number of thiophene rings is 1. The Bertz CT molecular complexity index is 1490. The van der Waals surface area contributed by atoms with Crippen LogP contribution in [0.3, 0.4) is 0 Å². The fourth-order valence-corrected chi connectivity index (χ4v) is 6.00. The quantitative estimate of drug-likeness (QED) is 0.224. The van der Waals surface area contributed by atoms with Crippen molar-refractivity contribution in [2.75, 3.05) is 0 Å². The number of hydrogen-bond donors (Lipinski definition) is 0. The number of hydrogen-bond acceptors (Lipinski definition) is 5. The molecule has 6 heteroatoms. The van der Waals surface area contributed by atoms with Crippen molar-refractivity contribution in [3.63, 3.8) is 0 Å². The van der Waals surface area contributed by atoms with E-state index in [2.05, 4.69) is 4.98 Å². The van der Waals surface area contributed by atoms with Crippen molar-refractivity contribution in [3.05, 3.63) is 94.1 Å². The zero-order valence-corrected chi connectivity index (χ0v) is 17.5. The first-order chi connectivity index (χ1) is 15.1. The Morgan fingerprint density at radius 2 is 1.45 bits per heavy atom. The van der Waals surface area contributed by atoms with Gasteiger partial charge in [-0.15, -0.1) is 22.7 Å². The number of nitrogens with zero attached hydrogens (tertiary/aromatic N) is 1. The molecule has 3 aromatic carbocycles. The van der Waals surface area contributed by atoms with Crippen LogP contribution in [0.2, 0.25) is 0 Å². The second kappa shape index (κ2) is 6.77. The van der Waals surface area contributed by atoms with Gasteiger partial charge in [0.2, 0.25) is 0 Å². The van der Waals surface area contributed by atoms with Gasteiger partial charge in [0.05, 0.1) is 10.3 Å². The third-order valence-corrected chi connectivity index (χ3v) is 7.51. The fraction of sp³-hybridized carbons (Fsp3) is 0. The Labute approximate surface area is 184 Å². The summed E-state index contributed by atoms with van der Waals surface area (Å²) in [4.78, 5) is 32.2. The highest BCUT2D eigenvalue weighted by Gasteiger charge is 2.33. The van der Waals surface area contributed by atoms with E-state index in [4.69, 9.17) is 0 Å². The number of carbonyl (C=O) groups is 2. The Morgan fingerprint density at radius 1 is 0.806 bits per heavy atom. The second-order valence-corrected chi connectivity index (χ2v) is 9.40. The summed E-state index contributed by atoms with van der Waals surface area (Å²) in [7, 11) is 0. The minimum atomic E-state index is -0.282. The van der Waals surface area contributed by atoms with E-state index in [1.165, 1.54) is 34.8 Å². The Balaban J connectivity index is 1.38. The van der Waals surface area contributed by atoms with E-state index in [0.717, 1.165) is 35.8 Å². The molecule has 0 bridgehead atoms. The van der Waals surface area contributed by atoms with Crippen LogP contribution in [0.15, 0.2) is 72.3 Å². The Kier molecular flexibility index (Phi) is 4.00. The van der Waals surface area contributed by atoms with Gasteiger partial charge >= 0.3 is 0 Å². The molecule has 0 fully saturated rings. The van der Waals surface area contributed by atoms with Gasteiger partial charge in [-0.3, -0.25) is 9.59 Å². The van der Waals surface area contributed by atoms with Gasteiger partial charge in [-0.2, -0.15) is 0 Å². The number of ketones is 2. The van der Waals surface area contributed by atoms with Crippen LogP contribution in [0, 0.1) is 5.82 Å². The number of carbonyl (C=O) groups excluding carboxylic acids is 2. The van der Waals surface area contributed by atoms with E-state index in [1.807, 2.05) is 30.3 Å². The van der Waals surface area contributed by atoms with Crippen LogP contribution in [0.4, 0.5) is 4.39 Å². The molecule has 0 atom stereocenters. The van der Waals surface area contributed by atoms with Crippen LogP contribution in [0.1, 0.15) is 25.6 Å². The smallest absolute Gasteiger partial charge is 0.197 e. The van der Waals surface area contributed by atoms with Crippen molar-refractivity contribution >= 4 is 60.6 Å². The van der Waals surface area contributed by atoms with Crippen LogP contribution in [0.5, 0.6) is 0 Å². The lowest BCUT2D eigenvalue weighted by Gasteiger charge is -2.00. The summed E-state index contributed by atoms with van der Waals surface area (Å²) >= 11 is 2.94. The first-order valence-electron chi connectivity index (χ1n) is 9.57. The summed E-state index contributed by atoms with van der Waals surface area (Å²) < 4.78 is 14.1. The summed E-state index contributed by atoms with van der Waals surface area (Å²) in [5.74, 6) is -0.749. The topological polar surface area (TPSA) is 47.0 Å². The summed E-state index contributed by atoms with van der Waals surface area (Å²) in [6.07, 6.45) is 1.67. The molecule has 0 saturated carbocycles. The van der Waals surface area contributed by atoms with Crippen molar-refractivity contribution in [2.24, 2.45) is 0 Å². The van der Waals surface area contributed by atoms with E-state index < -0.39 is 0 Å². The monoisotopic (exact) mass is 441 g/mol. The molecule has 31 heavy (non-hydrogen) atoms. The first kappa shape index (κ1) is 18.3. The molecule has 0 N–H and O–H groups in total. The van der Waals surface area contributed by atoms with Gasteiger partial charge < -0.3 is 0 Å². The van der Waals surface area contributed by atoms with Gasteiger partial charge in [0.25, 0.3) is 0 Å². The fourth-order valence-electron chi connectivity index (χ4n) is 3.82. The lowest BCUT2D eigenvalue weighted by molar-refractivity contribution is 0.0990. The van der Waals surface area contributed by atoms with Gasteiger partial charge in [-0.05, 0) is 59.3 Å². The van der Waals surface area contributed by atoms with Crippen LogP contribution in [-0.2, 0) is 0 Å². The van der Waals surface area contributed by atoms with Gasteiger partial charge in [-0.1, -0.05) is 24.3 Å². The van der Waals surface area contributed by atoms with E-state index >= 15 is 0 Å². The Hall–Kier alpha value is -3.48. The normalized spacial score (nSPS) is 13.4. The van der Waals surface area contributed by atoms with Crippen LogP contribution < -0.4 is 0 Å². The minimum absolute atomic E-state index is 0.193. The van der Waals surface area contributed by atoms with Gasteiger partial charge in [0, 0.05) is 21.6 Å². The van der Waals surface area contributed by atoms with Crippen LogP contribution in [0.25, 0.3) is 36.9 Å². The minimum Gasteiger partial charge on any atom is -0.288 e. The molecule has 5 aromatic rings. The average Bonchev–Trinajstić information content (AvgIpc) is 3.40. The maximum atomic E-state index is 13.2. The van der Waals surface area contributed by atoms with E-state index in [1.54, 1.807) is 30.3 Å². The molecular formula is C25H12FNO2S2. The molecule has 6 rings (SSSR count). The third-order valence-electron chi connectivity index (χ3n) is 5.35. The van der Waals surface area contributed by atoms with Crippen LogP contribution in [-0.4, -0.2) is 16.6 Å². The summed E-state index contributed by atoms with van der Waals surface area (Å²) in [5, 5.41) is 2.70. The molecule has 0 spiro atoms. The lowest BCUT2D eigenvalue weighted by atomic mass is 10.0. The molecule has 2 aromatic heterocycles. The van der Waals surface area contributed by atoms with Crippen molar-refractivity contribution in [2.45, 2.75) is 0 Å². The SMILES string of the molecule is O=C1C(=Cc2cc3sc(-c4ccc(F)cc4)nc3s2)C(=O)c2cc3ccccc3cc21. The van der Waals surface area contributed by atoms with Crippen LogP contribution >= 0.6 is 22.7 Å². The second-order valence-electron chi connectivity index (χ2n) is 7.31. The Morgan fingerprint density at radius 3 is 2.06 bits per heavy atom. The maximum Gasteiger partial charge on any atom is 0.197 e. The molecule has 148 valence electrons. The maximum absolute atomic E-state index is 13.2. The molecule has 0 unspecified atom stereocenters. The highest BCUT2D eigenvalue weighted by molar-refractivity contribution is 7.29. The molecule has 0 amide bonds. The molecule has 0 radical (unpaired) electrons. The van der Waals surface area contributed by atoms with E-state index in [-0.39, 0.29) is 23.0 Å². The molecule has 0 saturated heterocycles. The van der Waals surface area contributed by atoms with Gasteiger partial charge in [0.15, 0.2) is 11.6 Å². The largest absolute Gasteiger partial charge is 0.288 e. The number of halogens is 1. The molecule has 2 heterocycles. The molecule has 0 aliphatic heterocycles.